The van der Waals surface area contributed by atoms with Gasteiger partial charge in [0.1, 0.15) is 0 Å². The fraction of sp³-hybridized carbons (Fsp3) is 0.556. The molecule has 0 aromatic carbocycles. The van der Waals surface area contributed by atoms with Gasteiger partial charge in [-0.3, -0.25) is 9.59 Å². The zero-order chi connectivity index (χ0) is 12.7. The molecule has 2 N–H and O–H groups in total. The molecule has 6 nitrogen and oxygen atoms in total. The highest BCUT2D eigenvalue weighted by Gasteiger charge is 2.09. The highest BCUT2D eigenvalue weighted by atomic mass is 32.2. The Morgan fingerprint density at radius 2 is 2.18 bits per heavy atom. The van der Waals surface area contributed by atoms with E-state index in [2.05, 4.69) is 22.4 Å². The predicted octanol–water partition coefficient (Wildman–Crippen LogP) is 1.84. The molecule has 0 aliphatic rings. The second kappa shape index (κ2) is 7.23. The Kier molecular flexibility index (Phi) is 5.92. The molecule has 1 aromatic rings. The zero-order valence-electron chi connectivity index (χ0n) is 9.30. The van der Waals surface area contributed by atoms with Crippen LogP contribution < -0.4 is 5.32 Å². The number of nitrogens with one attached hydrogen (secondary N) is 1. The molecule has 94 valence electrons. The van der Waals surface area contributed by atoms with E-state index in [0.29, 0.717) is 5.13 Å². The molecule has 0 bridgehead atoms. The summed E-state index contributed by atoms with van der Waals surface area (Å²) in [6.45, 7) is 2.07. The van der Waals surface area contributed by atoms with Gasteiger partial charge in [-0.2, -0.15) is 0 Å². The topological polar surface area (TPSA) is 92.2 Å². The van der Waals surface area contributed by atoms with Gasteiger partial charge in [0.2, 0.25) is 11.0 Å². The van der Waals surface area contributed by atoms with E-state index in [9.17, 15) is 9.59 Å². The highest BCUT2D eigenvalue weighted by molar-refractivity contribution is 8.01. The molecule has 1 rings (SSSR count). The maximum atomic E-state index is 11.3. The minimum atomic E-state index is -0.989. The standard InChI is InChI=1S/C9H13N3O3S2/c1-2-5-16-9-12-11-8(17-9)10-6(13)3-4-7(14)15/h2-5H2,1H3,(H,14,15)(H,10,11,13). The molecule has 0 aliphatic heterocycles. The van der Waals surface area contributed by atoms with Gasteiger partial charge in [-0.05, 0) is 6.42 Å². The number of anilines is 1. The number of rotatable bonds is 7. The summed E-state index contributed by atoms with van der Waals surface area (Å²) < 4.78 is 0.806. The number of thioether (sulfide) groups is 1. The van der Waals surface area contributed by atoms with Crippen LogP contribution in [0.2, 0.25) is 0 Å². The number of aromatic nitrogens is 2. The van der Waals surface area contributed by atoms with Gasteiger partial charge in [0.25, 0.3) is 0 Å². The van der Waals surface area contributed by atoms with E-state index >= 15 is 0 Å². The number of carboxylic acid groups (broad SMARTS) is 1. The molecule has 0 aliphatic carbocycles. The second-order valence-corrected chi connectivity index (χ2v) is 5.48. The second-order valence-electron chi connectivity index (χ2n) is 3.16. The molecule has 1 amide bonds. The smallest absolute Gasteiger partial charge is 0.303 e. The lowest BCUT2D eigenvalue weighted by Crippen LogP contribution is -2.12. The summed E-state index contributed by atoms with van der Waals surface area (Å²) in [5.74, 6) is -0.381. The van der Waals surface area contributed by atoms with E-state index in [1.165, 1.54) is 11.3 Å². The van der Waals surface area contributed by atoms with Crippen LogP contribution in [0.1, 0.15) is 26.2 Å². The zero-order valence-corrected chi connectivity index (χ0v) is 10.9. The first-order valence-electron chi connectivity index (χ1n) is 5.09. The number of amides is 1. The molecule has 0 saturated carbocycles. The third-order valence-corrected chi connectivity index (χ3v) is 3.83. The van der Waals surface area contributed by atoms with Gasteiger partial charge in [-0.25, -0.2) is 0 Å². The SMILES string of the molecule is CCCSc1nnc(NC(=O)CCC(=O)O)s1. The van der Waals surface area contributed by atoms with Crippen LogP contribution in [0.15, 0.2) is 4.34 Å². The summed E-state index contributed by atoms with van der Waals surface area (Å²) in [7, 11) is 0. The van der Waals surface area contributed by atoms with E-state index in [0.717, 1.165) is 16.5 Å². The molecular weight excluding hydrogens is 262 g/mol. The molecule has 1 aromatic heterocycles. The van der Waals surface area contributed by atoms with Crippen LogP contribution in [0.25, 0.3) is 0 Å². The fourth-order valence-electron chi connectivity index (χ4n) is 0.910. The Bertz CT molecular complexity index is 395. The van der Waals surface area contributed by atoms with Gasteiger partial charge >= 0.3 is 5.97 Å². The molecule has 0 atom stereocenters. The molecule has 1 heterocycles. The van der Waals surface area contributed by atoms with Gasteiger partial charge < -0.3 is 10.4 Å². The molecule has 17 heavy (non-hydrogen) atoms. The van der Waals surface area contributed by atoms with Crippen molar-refractivity contribution in [2.75, 3.05) is 11.1 Å². The Balaban J connectivity index is 2.37. The fourth-order valence-corrected chi connectivity index (χ4v) is 2.60. The van der Waals surface area contributed by atoms with E-state index in [4.69, 9.17) is 5.11 Å². The number of hydrogen-bond donors (Lipinski definition) is 2. The van der Waals surface area contributed by atoms with Crippen molar-refractivity contribution in [3.63, 3.8) is 0 Å². The van der Waals surface area contributed by atoms with Crippen LogP contribution in [0.3, 0.4) is 0 Å². The molecule has 0 unspecified atom stereocenters. The van der Waals surface area contributed by atoms with Crippen LogP contribution in [0.4, 0.5) is 5.13 Å². The quantitative estimate of drug-likeness (QED) is 0.582. The first kappa shape index (κ1) is 13.9. The van der Waals surface area contributed by atoms with E-state index in [1.54, 1.807) is 11.8 Å². The number of carbonyl (C=O) groups excluding carboxylic acids is 1. The maximum Gasteiger partial charge on any atom is 0.303 e. The maximum absolute atomic E-state index is 11.3. The third-order valence-electron chi connectivity index (χ3n) is 1.65. The van der Waals surface area contributed by atoms with Crippen molar-refractivity contribution in [1.82, 2.24) is 10.2 Å². The molecular formula is C9H13N3O3S2. The summed E-state index contributed by atoms with van der Waals surface area (Å²) in [6.07, 6.45) is 0.818. The summed E-state index contributed by atoms with van der Waals surface area (Å²) in [5.41, 5.74) is 0. The lowest BCUT2D eigenvalue weighted by atomic mass is 10.3. The Labute approximate surface area is 107 Å². The average molecular weight is 275 g/mol. The molecule has 0 radical (unpaired) electrons. The average Bonchev–Trinajstić information content (AvgIpc) is 2.71. The Morgan fingerprint density at radius 1 is 1.41 bits per heavy atom. The van der Waals surface area contributed by atoms with Crippen LogP contribution >= 0.6 is 23.1 Å². The predicted molar refractivity (Wildman–Crippen MR) is 66.4 cm³/mol. The van der Waals surface area contributed by atoms with Gasteiger partial charge in [0, 0.05) is 12.2 Å². The molecule has 8 heteroatoms. The third kappa shape index (κ3) is 5.64. The molecule has 0 spiro atoms. The van der Waals surface area contributed by atoms with Crippen molar-refractivity contribution in [1.29, 1.82) is 0 Å². The van der Waals surface area contributed by atoms with E-state index < -0.39 is 5.97 Å². The van der Waals surface area contributed by atoms with Gasteiger partial charge in [0.05, 0.1) is 6.42 Å². The monoisotopic (exact) mass is 275 g/mol. The Hall–Kier alpha value is -1.15. The van der Waals surface area contributed by atoms with Crippen molar-refractivity contribution in [2.45, 2.75) is 30.5 Å². The minimum Gasteiger partial charge on any atom is -0.481 e. The van der Waals surface area contributed by atoms with E-state index in [-0.39, 0.29) is 18.7 Å². The van der Waals surface area contributed by atoms with Crippen molar-refractivity contribution >= 4 is 40.1 Å². The summed E-state index contributed by atoms with van der Waals surface area (Å²) in [4.78, 5) is 21.6. The number of carboxylic acids is 1. The van der Waals surface area contributed by atoms with E-state index in [1.807, 2.05) is 0 Å². The molecule has 0 saturated heterocycles. The minimum absolute atomic E-state index is 0.0493. The van der Waals surface area contributed by atoms with Gasteiger partial charge in [0.15, 0.2) is 4.34 Å². The largest absolute Gasteiger partial charge is 0.481 e. The number of nitrogens with zero attached hydrogens (tertiary/aromatic N) is 2. The van der Waals surface area contributed by atoms with Crippen molar-refractivity contribution in [3.05, 3.63) is 0 Å². The van der Waals surface area contributed by atoms with Crippen molar-refractivity contribution in [3.8, 4) is 0 Å². The first-order chi connectivity index (χ1) is 8.11. The lowest BCUT2D eigenvalue weighted by molar-refractivity contribution is -0.138. The van der Waals surface area contributed by atoms with Crippen LogP contribution in [0, 0.1) is 0 Å². The van der Waals surface area contributed by atoms with Crippen molar-refractivity contribution in [2.24, 2.45) is 0 Å². The van der Waals surface area contributed by atoms with Crippen molar-refractivity contribution < 1.29 is 14.7 Å². The number of carbonyl (C=O) groups is 2. The van der Waals surface area contributed by atoms with Gasteiger partial charge in [-0.15, -0.1) is 10.2 Å². The number of aliphatic carboxylic acids is 1. The number of hydrogen-bond acceptors (Lipinski definition) is 6. The van der Waals surface area contributed by atoms with Crippen LogP contribution in [0.5, 0.6) is 0 Å². The summed E-state index contributed by atoms with van der Waals surface area (Å²) in [5, 5.41) is 19.1. The first-order valence-corrected chi connectivity index (χ1v) is 6.90. The van der Waals surface area contributed by atoms with Crippen LogP contribution in [-0.2, 0) is 9.59 Å². The Morgan fingerprint density at radius 3 is 2.82 bits per heavy atom. The van der Waals surface area contributed by atoms with Gasteiger partial charge in [-0.1, -0.05) is 30.0 Å². The summed E-state index contributed by atoms with van der Waals surface area (Å²) >= 11 is 2.88. The van der Waals surface area contributed by atoms with Crippen LogP contribution in [-0.4, -0.2) is 32.9 Å². The lowest BCUT2D eigenvalue weighted by Gasteiger charge is -1.97. The molecule has 0 fully saturated rings. The summed E-state index contributed by atoms with van der Waals surface area (Å²) in [6, 6.07) is 0. The highest BCUT2D eigenvalue weighted by Crippen LogP contribution is 2.25. The normalized spacial score (nSPS) is 10.2.